The molecule has 0 saturated carbocycles. The number of nitrogens with one attached hydrogen (secondary N) is 3. The van der Waals surface area contributed by atoms with Gasteiger partial charge in [0.2, 0.25) is 17.8 Å². The standard InChI is InChI=1S/C23H50N8O2Si/c1-4-32-34(3,33-5-2)20-14-19-28-23-30-21(26-17-12-8-6-10-15-24)29-22(31-23)27-18-13-9-7-11-16-25/h4-20,24-25H2,1-3H3,(H3,26,27,28,29,30,31). The summed E-state index contributed by atoms with van der Waals surface area (Å²) in [4.78, 5) is 13.7. The Morgan fingerprint density at radius 3 is 1.38 bits per heavy atom. The van der Waals surface area contributed by atoms with Crippen molar-refractivity contribution >= 4 is 26.4 Å². The van der Waals surface area contributed by atoms with Gasteiger partial charge in [0, 0.05) is 32.8 Å². The Balaban J connectivity index is 2.60. The van der Waals surface area contributed by atoms with Gasteiger partial charge in [0.25, 0.3) is 0 Å². The van der Waals surface area contributed by atoms with Gasteiger partial charge >= 0.3 is 8.56 Å². The molecule has 1 heterocycles. The van der Waals surface area contributed by atoms with E-state index in [1.165, 1.54) is 0 Å². The van der Waals surface area contributed by atoms with Crippen LogP contribution in [0.5, 0.6) is 0 Å². The summed E-state index contributed by atoms with van der Waals surface area (Å²) >= 11 is 0. The highest BCUT2D eigenvalue weighted by Crippen LogP contribution is 2.16. The van der Waals surface area contributed by atoms with Gasteiger partial charge < -0.3 is 36.3 Å². The van der Waals surface area contributed by atoms with Crippen LogP contribution < -0.4 is 27.4 Å². The molecule has 7 N–H and O–H groups in total. The van der Waals surface area contributed by atoms with Crippen molar-refractivity contribution in [2.75, 3.05) is 61.9 Å². The fourth-order valence-corrected chi connectivity index (χ4v) is 6.08. The van der Waals surface area contributed by atoms with E-state index >= 15 is 0 Å². The lowest BCUT2D eigenvalue weighted by Crippen LogP contribution is -2.39. The highest BCUT2D eigenvalue weighted by atomic mass is 28.4. The number of hydrogen-bond acceptors (Lipinski definition) is 10. The topological polar surface area (TPSA) is 145 Å². The summed E-state index contributed by atoms with van der Waals surface area (Å²) in [5, 5.41) is 10.1. The van der Waals surface area contributed by atoms with Gasteiger partial charge in [0.1, 0.15) is 0 Å². The van der Waals surface area contributed by atoms with Crippen LogP contribution in [0.4, 0.5) is 17.8 Å². The molecule has 0 fully saturated rings. The van der Waals surface area contributed by atoms with Gasteiger partial charge in [-0.15, -0.1) is 0 Å². The molecule has 0 radical (unpaired) electrons. The zero-order valence-electron chi connectivity index (χ0n) is 21.8. The van der Waals surface area contributed by atoms with Gasteiger partial charge in [-0.1, -0.05) is 25.7 Å². The fraction of sp³-hybridized carbons (Fsp3) is 0.870. The number of anilines is 3. The normalized spacial score (nSPS) is 11.6. The summed E-state index contributed by atoms with van der Waals surface area (Å²) in [6, 6.07) is 0.925. The van der Waals surface area contributed by atoms with Crippen LogP contribution in [0.2, 0.25) is 12.6 Å². The molecular weight excluding hydrogens is 448 g/mol. The largest absolute Gasteiger partial charge is 0.395 e. The number of rotatable bonds is 23. The van der Waals surface area contributed by atoms with Crippen molar-refractivity contribution in [3.8, 4) is 0 Å². The maximum absolute atomic E-state index is 5.93. The molecule has 0 aromatic carbocycles. The van der Waals surface area contributed by atoms with Crippen LogP contribution in [0, 0.1) is 0 Å². The maximum Gasteiger partial charge on any atom is 0.334 e. The van der Waals surface area contributed by atoms with Crippen molar-refractivity contribution in [3.63, 3.8) is 0 Å². The molecule has 0 spiro atoms. The van der Waals surface area contributed by atoms with Gasteiger partial charge in [-0.3, -0.25) is 0 Å². The number of nitrogens with two attached hydrogens (primary N) is 2. The second-order valence-corrected chi connectivity index (χ2v) is 11.9. The first-order valence-electron chi connectivity index (χ1n) is 13.2. The predicted octanol–water partition coefficient (Wildman–Crippen LogP) is 3.68. The van der Waals surface area contributed by atoms with Crippen LogP contribution in [-0.2, 0) is 8.85 Å². The Kier molecular flexibility index (Phi) is 17.7. The minimum atomic E-state index is -2.11. The number of aromatic nitrogens is 3. The Labute approximate surface area is 208 Å². The van der Waals surface area contributed by atoms with Crippen molar-refractivity contribution in [2.24, 2.45) is 11.5 Å². The van der Waals surface area contributed by atoms with Crippen molar-refractivity contribution in [3.05, 3.63) is 0 Å². The second kappa shape index (κ2) is 19.7. The monoisotopic (exact) mass is 498 g/mol. The third-order valence-electron chi connectivity index (χ3n) is 5.45. The van der Waals surface area contributed by atoms with Crippen molar-refractivity contribution in [1.29, 1.82) is 0 Å². The van der Waals surface area contributed by atoms with E-state index in [0.29, 0.717) is 31.1 Å². The van der Waals surface area contributed by atoms with E-state index < -0.39 is 8.56 Å². The summed E-state index contributed by atoms with van der Waals surface area (Å²) in [7, 11) is -2.11. The second-order valence-electron chi connectivity index (χ2n) is 8.60. The first-order chi connectivity index (χ1) is 16.6. The van der Waals surface area contributed by atoms with Gasteiger partial charge in [0.15, 0.2) is 0 Å². The minimum Gasteiger partial charge on any atom is -0.395 e. The SMILES string of the molecule is CCO[Si](C)(CCCNc1nc(NCCCCCCN)nc(NCCCCCCN)n1)OCC. The molecule has 0 amide bonds. The minimum absolute atomic E-state index is 0.586. The number of hydrogen-bond donors (Lipinski definition) is 5. The van der Waals surface area contributed by atoms with Crippen molar-refractivity contribution in [2.45, 2.75) is 84.2 Å². The van der Waals surface area contributed by atoms with Crippen molar-refractivity contribution in [1.82, 2.24) is 15.0 Å². The molecule has 10 nitrogen and oxygen atoms in total. The molecule has 0 aliphatic carbocycles. The highest BCUT2D eigenvalue weighted by Gasteiger charge is 2.29. The molecule has 0 aliphatic rings. The van der Waals surface area contributed by atoms with Gasteiger partial charge in [-0.2, -0.15) is 15.0 Å². The fourth-order valence-electron chi connectivity index (χ4n) is 3.67. The molecule has 1 aromatic rings. The van der Waals surface area contributed by atoms with Gasteiger partial charge in [-0.05, 0) is 71.6 Å². The van der Waals surface area contributed by atoms with E-state index in [9.17, 15) is 0 Å². The van der Waals surface area contributed by atoms with E-state index in [0.717, 1.165) is 96.6 Å². The third kappa shape index (κ3) is 14.7. The number of nitrogens with zero attached hydrogens (tertiary/aromatic N) is 3. The van der Waals surface area contributed by atoms with Crippen LogP contribution in [0.25, 0.3) is 0 Å². The molecule has 0 atom stereocenters. The summed E-state index contributed by atoms with van der Waals surface area (Å²) < 4.78 is 11.9. The highest BCUT2D eigenvalue weighted by molar-refractivity contribution is 6.66. The maximum atomic E-state index is 5.93. The predicted molar refractivity (Wildman–Crippen MR) is 145 cm³/mol. The molecule has 11 heteroatoms. The Morgan fingerprint density at radius 1 is 0.618 bits per heavy atom. The summed E-state index contributed by atoms with van der Waals surface area (Å²) in [5.41, 5.74) is 11.1. The molecule has 198 valence electrons. The average Bonchev–Trinajstić information content (AvgIpc) is 2.82. The number of unbranched alkanes of at least 4 members (excludes halogenated alkanes) is 6. The van der Waals surface area contributed by atoms with Crippen LogP contribution in [0.3, 0.4) is 0 Å². The van der Waals surface area contributed by atoms with E-state index in [-0.39, 0.29) is 0 Å². The van der Waals surface area contributed by atoms with E-state index in [1.54, 1.807) is 0 Å². The molecule has 0 unspecified atom stereocenters. The molecule has 34 heavy (non-hydrogen) atoms. The molecule has 0 saturated heterocycles. The summed E-state index contributed by atoms with van der Waals surface area (Å²) in [6.45, 7) is 11.5. The molecule has 1 aromatic heterocycles. The van der Waals surface area contributed by atoms with Crippen LogP contribution >= 0.6 is 0 Å². The molecule has 0 aliphatic heterocycles. The summed E-state index contributed by atoms with van der Waals surface area (Å²) in [6.07, 6.45) is 9.83. The molecular formula is C23H50N8O2Si. The van der Waals surface area contributed by atoms with Gasteiger partial charge in [0.05, 0.1) is 0 Å². The lowest BCUT2D eigenvalue weighted by atomic mass is 10.2. The lowest BCUT2D eigenvalue weighted by molar-refractivity contribution is 0.188. The molecule has 1 rings (SSSR count). The Bertz CT molecular complexity index is 586. The Morgan fingerprint density at radius 2 is 1.00 bits per heavy atom. The van der Waals surface area contributed by atoms with E-state index in [2.05, 4.69) is 37.4 Å². The summed E-state index contributed by atoms with van der Waals surface area (Å²) in [5.74, 6) is 1.79. The van der Waals surface area contributed by atoms with E-state index in [4.69, 9.17) is 20.3 Å². The first kappa shape index (κ1) is 30.5. The average molecular weight is 499 g/mol. The first-order valence-corrected chi connectivity index (χ1v) is 15.7. The lowest BCUT2D eigenvalue weighted by Gasteiger charge is -2.25. The zero-order chi connectivity index (χ0) is 24.9. The van der Waals surface area contributed by atoms with E-state index in [1.807, 2.05) is 13.8 Å². The smallest absolute Gasteiger partial charge is 0.334 e. The zero-order valence-corrected chi connectivity index (χ0v) is 22.8. The van der Waals surface area contributed by atoms with Crippen LogP contribution in [-0.4, -0.2) is 69.5 Å². The quantitative estimate of drug-likeness (QED) is 0.112. The Hall–Kier alpha value is -1.53. The molecule has 0 bridgehead atoms. The van der Waals surface area contributed by atoms with Gasteiger partial charge in [-0.25, -0.2) is 0 Å². The van der Waals surface area contributed by atoms with Crippen molar-refractivity contribution < 1.29 is 8.85 Å². The van der Waals surface area contributed by atoms with Crippen LogP contribution in [0.15, 0.2) is 0 Å². The third-order valence-corrected chi connectivity index (χ3v) is 8.51. The van der Waals surface area contributed by atoms with Crippen LogP contribution in [0.1, 0.15) is 71.6 Å².